The Labute approximate surface area is 214 Å². The van der Waals surface area contributed by atoms with Gasteiger partial charge in [-0.15, -0.1) is 0 Å². The van der Waals surface area contributed by atoms with Crippen molar-refractivity contribution in [3.05, 3.63) is 0 Å². The minimum atomic E-state index is -4.55. The lowest BCUT2D eigenvalue weighted by atomic mass is 10.1. The number of unbranched alkanes of at least 4 members (excludes halogenated alkanes) is 14. The lowest BCUT2D eigenvalue weighted by Gasteiger charge is -2.08. The van der Waals surface area contributed by atoms with Crippen LogP contribution in [-0.4, -0.2) is 56.7 Å². The summed E-state index contributed by atoms with van der Waals surface area (Å²) in [5.74, 6) is -2.76. The average molecular weight is 581 g/mol. The van der Waals surface area contributed by atoms with Crippen LogP contribution in [0.4, 0.5) is 0 Å². The van der Waals surface area contributed by atoms with Crippen LogP contribution in [0.15, 0.2) is 0 Å². The summed E-state index contributed by atoms with van der Waals surface area (Å²) in [6.07, 6.45) is 13.9. The third kappa shape index (κ3) is 15.0. The zero-order valence-corrected chi connectivity index (χ0v) is 25.0. The van der Waals surface area contributed by atoms with Gasteiger partial charge in [-0.1, -0.05) is 104 Å². The van der Waals surface area contributed by atoms with Crippen molar-refractivity contribution in [3.63, 3.8) is 0 Å². The molecule has 0 heterocycles. The molecule has 0 aliphatic heterocycles. The van der Waals surface area contributed by atoms with Crippen LogP contribution in [0, 0.1) is 0 Å². The number of hydrogen-bond donors (Lipinski definition) is 0. The molecule has 0 aromatic heterocycles. The predicted molar refractivity (Wildman–Crippen MR) is 145 cm³/mol. The molecule has 35 heavy (non-hydrogen) atoms. The molecule has 0 atom stereocenters. The summed E-state index contributed by atoms with van der Waals surface area (Å²) >= 11 is 0. The molecule has 0 saturated carbocycles. The van der Waals surface area contributed by atoms with Gasteiger partial charge in [-0.25, -0.2) is 33.7 Å². The van der Waals surface area contributed by atoms with E-state index in [4.69, 9.17) is 0 Å². The summed E-state index contributed by atoms with van der Waals surface area (Å²) in [5.41, 5.74) is 0. The standard InChI is InChI=1S/C23H48O8S4/c1-3-5-7-9-11-13-15-17-20-32(24,25)34(28,29)22-19-23-35(30,31)33(26,27)21-18-16-14-12-10-8-6-4-2/h3-23H2,1-2H3. The van der Waals surface area contributed by atoms with Crippen molar-refractivity contribution in [1.29, 1.82) is 0 Å². The molecule has 0 unspecified atom stereocenters. The molecule has 0 bridgehead atoms. The Bertz CT molecular complexity index is 887. The predicted octanol–water partition coefficient (Wildman–Crippen LogP) is 5.15. The second kappa shape index (κ2) is 18.1. The van der Waals surface area contributed by atoms with Gasteiger partial charge in [0.2, 0.25) is 0 Å². The molecule has 0 spiro atoms. The topological polar surface area (TPSA) is 137 Å². The molecule has 12 heteroatoms. The van der Waals surface area contributed by atoms with Gasteiger partial charge in [0.1, 0.15) is 0 Å². The molecule has 0 aromatic carbocycles. The fourth-order valence-corrected chi connectivity index (χ4v) is 11.5. The maximum Gasteiger partial charge on any atom is 0.253 e. The monoisotopic (exact) mass is 580 g/mol. The lowest BCUT2D eigenvalue weighted by molar-refractivity contribution is 0.568. The minimum Gasteiger partial charge on any atom is -0.213 e. The van der Waals surface area contributed by atoms with Crippen LogP contribution >= 0.6 is 0 Å². The van der Waals surface area contributed by atoms with Crippen molar-refractivity contribution in [2.75, 3.05) is 23.0 Å². The molecule has 0 amide bonds. The molecule has 0 aromatic rings. The van der Waals surface area contributed by atoms with Crippen molar-refractivity contribution in [1.82, 2.24) is 0 Å². The highest BCUT2D eigenvalue weighted by Gasteiger charge is 2.32. The fraction of sp³-hybridized carbons (Fsp3) is 1.00. The Morgan fingerprint density at radius 3 is 0.743 bits per heavy atom. The molecule has 0 rings (SSSR count). The van der Waals surface area contributed by atoms with Crippen LogP contribution in [0.3, 0.4) is 0 Å². The van der Waals surface area contributed by atoms with Gasteiger partial charge in [0.15, 0.2) is 0 Å². The van der Waals surface area contributed by atoms with Gasteiger partial charge in [-0.05, 0) is 19.3 Å². The van der Waals surface area contributed by atoms with Crippen molar-refractivity contribution in [3.8, 4) is 0 Å². The highest BCUT2D eigenvalue weighted by Crippen LogP contribution is 2.16. The van der Waals surface area contributed by atoms with Crippen LogP contribution in [0.1, 0.15) is 123 Å². The summed E-state index contributed by atoms with van der Waals surface area (Å²) in [5, 5.41) is 0. The molecular weight excluding hydrogens is 533 g/mol. The van der Waals surface area contributed by atoms with Crippen LogP contribution in [0.2, 0.25) is 0 Å². The SMILES string of the molecule is CCCCCCCCCCS(=O)(=O)S(=O)(=O)CCCS(=O)(=O)S(=O)(=O)CCCCCCCCCC. The van der Waals surface area contributed by atoms with Gasteiger partial charge in [-0.3, -0.25) is 0 Å². The van der Waals surface area contributed by atoms with E-state index in [1.807, 2.05) is 0 Å². The Hall–Kier alpha value is -0.200. The molecule has 212 valence electrons. The van der Waals surface area contributed by atoms with E-state index in [1.54, 1.807) is 0 Å². The Kier molecular flexibility index (Phi) is 18.0. The molecular formula is C23H48O8S4. The van der Waals surface area contributed by atoms with E-state index >= 15 is 0 Å². The highest BCUT2D eigenvalue weighted by atomic mass is 33.2. The van der Waals surface area contributed by atoms with E-state index in [0.717, 1.165) is 64.2 Å². The summed E-state index contributed by atoms with van der Waals surface area (Å²) in [7, 11) is -17.9. The zero-order valence-electron chi connectivity index (χ0n) is 21.7. The van der Waals surface area contributed by atoms with E-state index in [-0.39, 0.29) is 12.8 Å². The summed E-state index contributed by atoms with van der Waals surface area (Å²) < 4.78 is 97.8. The van der Waals surface area contributed by atoms with Gasteiger partial charge in [-0.2, -0.15) is 0 Å². The molecule has 0 aliphatic carbocycles. The second-order valence-electron chi connectivity index (χ2n) is 9.35. The van der Waals surface area contributed by atoms with Crippen LogP contribution in [0.5, 0.6) is 0 Å². The van der Waals surface area contributed by atoms with Crippen LogP contribution in [-0.2, 0) is 35.5 Å². The number of hydrogen-bond acceptors (Lipinski definition) is 8. The molecule has 0 aliphatic rings. The van der Waals surface area contributed by atoms with Gasteiger partial charge >= 0.3 is 0 Å². The van der Waals surface area contributed by atoms with Crippen LogP contribution in [0.25, 0.3) is 0 Å². The first kappa shape index (κ1) is 34.8. The second-order valence-corrected chi connectivity index (χ2v) is 21.5. The summed E-state index contributed by atoms with van der Waals surface area (Å²) in [4.78, 5) is 0. The van der Waals surface area contributed by atoms with Crippen LogP contribution < -0.4 is 0 Å². The third-order valence-corrected chi connectivity index (χ3v) is 17.4. The highest BCUT2D eigenvalue weighted by molar-refractivity contribution is 8.67. The van der Waals surface area contributed by atoms with Gasteiger partial charge < -0.3 is 0 Å². The van der Waals surface area contributed by atoms with E-state index in [9.17, 15) is 33.7 Å². The van der Waals surface area contributed by atoms with Crippen molar-refractivity contribution >= 4 is 35.5 Å². The zero-order chi connectivity index (χ0) is 26.8. The maximum absolute atomic E-state index is 12.2. The Morgan fingerprint density at radius 1 is 0.286 bits per heavy atom. The average Bonchev–Trinajstić information content (AvgIpc) is 2.76. The maximum atomic E-state index is 12.2. The third-order valence-electron chi connectivity index (χ3n) is 6.06. The normalized spacial score (nSPS) is 13.3. The summed E-state index contributed by atoms with van der Waals surface area (Å²) in [6, 6.07) is 0. The van der Waals surface area contributed by atoms with Crippen molar-refractivity contribution in [2.45, 2.75) is 123 Å². The van der Waals surface area contributed by atoms with Gasteiger partial charge in [0.25, 0.3) is 35.5 Å². The summed E-state index contributed by atoms with van der Waals surface area (Å²) in [6.45, 7) is 4.25. The van der Waals surface area contributed by atoms with E-state index in [0.29, 0.717) is 12.8 Å². The molecule has 0 fully saturated rings. The molecule has 0 N–H and O–H groups in total. The van der Waals surface area contributed by atoms with E-state index in [1.165, 1.54) is 12.8 Å². The lowest BCUT2D eigenvalue weighted by Crippen LogP contribution is -2.26. The van der Waals surface area contributed by atoms with Gasteiger partial charge in [0.05, 0.1) is 23.0 Å². The van der Waals surface area contributed by atoms with Gasteiger partial charge in [0, 0.05) is 0 Å². The molecule has 8 nitrogen and oxygen atoms in total. The Balaban J connectivity index is 4.40. The van der Waals surface area contributed by atoms with E-state index < -0.39 is 64.9 Å². The molecule has 0 saturated heterocycles. The first-order valence-electron chi connectivity index (χ1n) is 13.2. The first-order chi connectivity index (χ1) is 16.3. The van der Waals surface area contributed by atoms with E-state index in [2.05, 4.69) is 13.8 Å². The quantitative estimate of drug-likeness (QED) is 0.113. The first-order valence-corrected chi connectivity index (χ1v) is 20.9. The smallest absolute Gasteiger partial charge is 0.213 e. The van der Waals surface area contributed by atoms with Crippen molar-refractivity contribution < 1.29 is 33.7 Å². The largest absolute Gasteiger partial charge is 0.253 e. The Morgan fingerprint density at radius 2 is 0.486 bits per heavy atom. The minimum absolute atomic E-state index is 0.237. The van der Waals surface area contributed by atoms with Crippen molar-refractivity contribution in [2.24, 2.45) is 0 Å². The number of rotatable bonds is 24. The fourth-order valence-electron chi connectivity index (χ4n) is 3.75. The molecule has 0 radical (unpaired) electrons.